The lowest BCUT2D eigenvalue weighted by Gasteiger charge is -2.09. The molecular formula is C21H24N2O3S2. The van der Waals surface area contributed by atoms with E-state index < -0.39 is 0 Å². The van der Waals surface area contributed by atoms with Crippen LogP contribution in [0.3, 0.4) is 0 Å². The van der Waals surface area contributed by atoms with Crippen LogP contribution >= 0.6 is 23.1 Å². The molecule has 0 spiro atoms. The summed E-state index contributed by atoms with van der Waals surface area (Å²) in [4.78, 5) is 17.7. The minimum absolute atomic E-state index is 0.104. The standard InChI is InChI=1S/C21H24N2O3S2/c1-25-17-13-16-19(14-18(17)26-2)28-21(23(16)11-12-27-3)22-20(24)10-9-15-7-5-4-6-8-15/h4-8,13-14H,9-12H2,1-3H3. The van der Waals surface area contributed by atoms with Crippen molar-refractivity contribution in [1.29, 1.82) is 0 Å². The number of aryl methyl sites for hydroxylation is 2. The quantitative estimate of drug-likeness (QED) is 0.554. The molecule has 0 N–H and O–H groups in total. The molecule has 0 fully saturated rings. The maximum absolute atomic E-state index is 12.5. The second-order valence-corrected chi connectivity index (χ2v) is 8.19. The molecular weight excluding hydrogens is 392 g/mol. The van der Waals surface area contributed by atoms with Crippen LogP contribution in [-0.4, -0.2) is 36.7 Å². The summed E-state index contributed by atoms with van der Waals surface area (Å²) in [6.07, 6.45) is 3.16. The molecule has 0 atom stereocenters. The molecule has 0 unspecified atom stereocenters. The Morgan fingerprint density at radius 3 is 2.54 bits per heavy atom. The molecule has 0 aliphatic heterocycles. The number of carbonyl (C=O) groups is 1. The van der Waals surface area contributed by atoms with Crippen LogP contribution in [0.1, 0.15) is 12.0 Å². The van der Waals surface area contributed by atoms with Gasteiger partial charge in [-0.2, -0.15) is 16.8 Å². The van der Waals surface area contributed by atoms with Gasteiger partial charge >= 0.3 is 0 Å². The lowest BCUT2D eigenvalue weighted by atomic mass is 10.1. The number of fused-ring (bicyclic) bond motifs is 1. The van der Waals surface area contributed by atoms with Gasteiger partial charge in [-0.1, -0.05) is 41.7 Å². The Morgan fingerprint density at radius 2 is 1.86 bits per heavy atom. The number of hydrogen-bond acceptors (Lipinski definition) is 5. The zero-order valence-corrected chi connectivity index (χ0v) is 17.9. The maximum atomic E-state index is 12.5. The average Bonchev–Trinajstić information content (AvgIpc) is 3.05. The summed E-state index contributed by atoms with van der Waals surface area (Å²) < 4.78 is 14.0. The van der Waals surface area contributed by atoms with Crippen LogP contribution in [0, 0.1) is 0 Å². The summed E-state index contributed by atoms with van der Waals surface area (Å²) >= 11 is 3.27. The van der Waals surface area contributed by atoms with Crippen molar-refractivity contribution in [2.45, 2.75) is 19.4 Å². The molecule has 1 amide bonds. The van der Waals surface area contributed by atoms with E-state index in [9.17, 15) is 4.79 Å². The van der Waals surface area contributed by atoms with Gasteiger partial charge in [-0.3, -0.25) is 4.79 Å². The van der Waals surface area contributed by atoms with E-state index in [0.29, 0.717) is 24.3 Å². The first-order valence-corrected chi connectivity index (χ1v) is 11.2. The molecule has 0 bridgehead atoms. The Bertz CT molecular complexity index is 1010. The number of rotatable bonds is 8. The Labute approximate surface area is 173 Å². The van der Waals surface area contributed by atoms with Crippen LogP contribution in [0.2, 0.25) is 0 Å². The first-order chi connectivity index (χ1) is 13.7. The van der Waals surface area contributed by atoms with Gasteiger partial charge in [-0.25, -0.2) is 0 Å². The van der Waals surface area contributed by atoms with Crippen molar-refractivity contribution in [1.82, 2.24) is 4.57 Å². The van der Waals surface area contributed by atoms with E-state index in [-0.39, 0.29) is 5.91 Å². The second kappa shape index (κ2) is 9.80. The number of aromatic nitrogens is 1. The fourth-order valence-electron chi connectivity index (χ4n) is 2.94. The van der Waals surface area contributed by atoms with E-state index in [1.54, 1.807) is 26.0 Å². The summed E-state index contributed by atoms with van der Waals surface area (Å²) in [6, 6.07) is 13.9. The topological polar surface area (TPSA) is 52.8 Å². The van der Waals surface area contributed by atoms with Gasteiger partial charge < -0.3 is 14.0 Å². The van der Waals surface area contributed by atoms with Crippen molar-refractivity contribution in [3.8, 4) is 11.5 Å². The molecule has 1 heterocycles. The van der Waals surface area contributed by atoms with Gasteiger partial charge in [0.1, 0.15) is 0 Å². The van der Waals surface area contributed by atoms with Gasteiger partial charge in [0.2, 0.25) is 5.91 Å². The van der Waals surface area contributed by atoms with E-state index >= 15 is 0 Å². The Morgan fingerprint density at radius 1 is 1.14 bits per heavy atom. The summed E-state index contributed by atoms with van der Waals surface area (Å²) in [5, 5.41) is 0. The molecule has 2 aromatic carbocycles. The van der Waals surface area contributed by atoms with Crippen LogP contribution < -0.4 is 14.3 Å². The van der Waals surface area contributed by atoms with Crippen molar-refractivity contribution < 1.29 is 14.3 Å². The van der Waals surface area contributed by atoms with E-state index in [1.165, 1.54) is 11.3 Å². The van der Waals surface area contributed by atoms with E-state index in [0.717, 1.165) is 32.9 Å². The Kier molecular flexibility index (Phi) is 7.17. The average molecular weight is 417 g/mol. The molecule has 0 saturated heterocycles. The highest BCUT2D eigenvalue weighted by atomic mass is 32.2. The second-order valence-electron chi connectivity index (χ2n) is 6.20. The first kappa shape index (κ1) is 20.5. The fourth-order valence-corrected chi connectivity index (χ4v) is 4.39. The van der Waals surface area contributed by atoms with Gasteiger partial charge in [0.25, 0.3) is 0 Å². The number of carbonyl (C=O) groups excluding carboxylic acids is 1. The molecule has 3 aromatic rings. The molecule has 0 aliphatic rings. The van der Waals surface area contributed by atoms with Gasteiger partial charge in [-0.05, 0) is 18.2 Å². The minimum atomic E-state index is -0.104. The highest BCUT2D eigenvalue weighted by Crippen LogP contribution is 2.33. The van der Waals surface area contributed by atoms with Crippen LogP contribution in [-0.2, 0) is 17.8 Å². The van der Waals surface area contributed by atoms with Crippen LogP contribution in [0.15, 0.2) is 47.5 Å². The summed E-state index contributed by atoms with van der Waals surface area (Å²) in [6.45, 7) is 0.779. The van der Waals surface area contributed by atoms with Gasteiger partial charge in [0.15, 0.2) is 16.3 Å². The van der Waals surface area contributed by atoms with Crippen molar-refractivity contribution in [2.24, 2.45) is 4.99 Å². The van der Waals surface area contributed by atoms with Crippen LogP contribution in [0.25, 0.3) is 10.2 Å². The van der Waals surface area contributed by atoms with Gasteiger partial charge in [0, 0.05) is 30.9 Å². The summed E-state index contributed by atoms with van der Waals surface area (Å²) in [7, 11) is 3.25. The number of thiazole rings is 1. The fraction of sp³-hybridized carbons (Fsp3) is 0.333. The minimum Gasteiger partial charge on any atom is -0.493 e. The number of thioether (sulfide) groups is 1. The number of benzene rings is 2. The van der Waals surface area contributed by atoms with Crippen LogP contribution in [0.4, 0.5) is 0 Å². The third kappa shape index (κ3) is 4.77. The molecule has 0 radical (unpaired) electrons. The predicted molar refractivity (Wildman–Crippen MR) is 117 cm³/mol. The third-order valence-electron chi connectivity index (χ3n) is 4.40. The van der Waals surface area contributed by atoms with Crippen molar-refractivity contribution in [2.75, 3.05) is 26.2 Å². The molecule has 5 nitrogen and oxygen atoms in total. The molecule has 0 aliphatic carbocycles. The normalized spacial score (nSPS) is 11.8. The zero-order chi connectivity index (χ0) is 19.9. The third-order valence-corrected chi connectivity index (χ3v) is 6.03. The molecule has 7 heteroatoms. The van der Waals surface area contributed by atoms with Gasteiger partial charge in [-0.15, -0.1) is 0 Å². The van der Waals surface area contributed by atoms with E-state index in [1.807, 2.05) is 42.5 Å². The highest BCUT2D eigenvalue weighted by molar-refractivity contribution is 7.98. The first-order valence-electron chi connectivity index (χ1n) is 9.02. The SMILES string of the molecule is COc1cc2sc(=NC(=O)CCc3ccccc3)n(CCSC)c2cc1OC. The maximum Gasteiger partial charge on any atom is 0.248 e. The number of ether oxygens (including phenoxy) is 2. The predicted octanol–water partition coefficient (Wildman–Crippen LogP) is 4.14. The van der Waals surface area contributed by atoms with E-state index in [4.69, 9.17) is 9.47 Å². The number of methoxy groups -OCH3 is 2. The lowest BCUT2D eigenvalue weighted by Crippen LogP contribution is -2.18. The summed E-state index contributed by atoms with van der Waals surface area (Å²) in [5.41, 5.74) is 2.15. The van der Waals surface area contributed by atoms with Crippen LogP contribution in [0.5, 0.6) is 11.5 Å². The molecule has 28 heavy (non-hydrogen) atoms. The molecule has 148 valence electrons. The number of nitrogens with zero attached hydrogens (tertiary/aromatic N) is 2. The lowest BCUT2D eigenvalue weighted by molar-refractivity contribution is -0.118. The Balaban J connectivity index is 1.95. The molecule has 0 saturated carbocycles. The molecule has 3 rings (SSSR count). The smallest absolute Gasteiger partial charge is 0.248 e. The molecule has 1 aromatic heterocycles. The highest BCUT2D eigenvalue weighted by Gasteiger charge is 2.13. The Hall–Kier alpha value is -2.25. The van der Waals surface area contributed by atoms with Gasteiger partial charge in [0.05, 0.1) is 24.4 Å². The number of amides is 1. The number of hydrogen-bond donors (Lipinski definition) is 0. The zero-order valence-electron chi connectivity index (χ0n) is 16.3. The van der Waals surface area contributed by atoms with Crippen molar-refractivity contribution in [3.63, 3.8) is 0 Å². The van der Waals surface area contributed by atoms with Crippen molar-refractivity contribution in [3.05, 3.63) is 52.8 Å². The largest absolute Gasteiger partial charge is 0.493 e. The summed E-state index contributed by atoms with van der Waals surface area (Å²) in [5.74, 6) is 2.18. The monoisotopic (exact) mass is 416 g/mol. The van der Waals surface area contributed by atoms with E-state index in [2.05, 4.69) is 15.8 Å². The van der Waals surface area contributed by atoms with Crippen molar-refractivity contribution >= 4 is 39.2 Å².